The molecule has 96 valence electrons. The molecule has 0 saturated heterocycles. The highest BCUT2D eigenvalue weighted by molar-refractivity contribution is 9.11. The Morgan fingerprint density at radius 1 is 1.35 bits per heavy atom. The second-order valence-electron chi connectivity index (χ2n) is 5.35. The highest BCUT2D eigenvalue weighted by Gasteiger charge is 2.27. The van der Waals surface area contributed by atoms with E-state index < -0.39 is 0 Å². The minimum atomic E-state index is 0.546. The van der Waals surface area contributed by atoms with Gasteiger partial charge < -0.3 is 5.32 Å². The van der Waals surface area contributed by atoms with Crippen LogP contribution in [0.3, 0.4) is 0 Å². The van der Waals surface area contributed by atoms with Crippen LogP contribution in [-0.4, -0.2) is 7.05 Å². The molecule has 0 amide bonds. The number of hydrogen-bond acceptors (Lipinski definition) is 2. The van der Waals surface area contributed by atoms with E-state index >= 15 is 0 Å². The fourth-order valence-corrected chi connectivity index (χ4v) is 4.79. The summed E-state index contributed by atoms with van der Waals surface area (Å²) < 4.78 is 1.26. The van der Waals surface area contributed by atoms with Crippen LogP contribution in [0, 0.1) is 18.8 Å². The third-order valence-electron chi connectivity index (χ3n) is 4.10. The van der Waals surface area contributed by atoms with Crippen molar-refractivity contribution in [1.29, 1.82) is 0 Å². The molecule has 1 heterocycles. The predicted octanol–water partition coefficient (Wildman–Crippen LogP) is 4.91. The Hall–Kier alpha value is 0.140. The van der Waals surface area contributed by atoms with Crippen molar-refractivity contribution in [3.05, 3.63) is 20.3 Å². The Morgan fingerprint density at radius 3 is 2.47 bits per heavy atom. The molecule has 1 aliphatic carbocycles. The zero-order chi connectivity index (χ0) is 12.4. The lowest BCUT2D eigenvalue weighted by Gasteiger charge is -2.32. The van der Waals surface area contributed by atoms with Gasteiger partial charge in [0.2, 0.25) is 0 Å². The first-order valence-electron chi connectivity index (χ1n) is 6.55. The van der Waals surface area contributed by atoms with Crippen LogP contribution in [0.4, 0.5) is 0 Å². The zero-order valence-electron chi connectivity index (χ0n) is 10.9. The Labute approximate surface area is 117 Å². The molecule has 0 bridgehead atoms. The summed E-state index contributed by atoms with van der Waals surface area (Å²) in [5, 5.41) is 3.54. The van der Waals surface area contributed by atoms with Gasteiger partial charge in [0.1, 0.15) is 0 Å². The van der Waals surface area contributed by atoms with E-state index in [1.165, 1.54) is 39.9 Å². The number of halogens is 1. The molecule has 0 radical (unpaired) electrons. The van der Waals surface area contributed by atoms with Gasteiger partial charge in [0, 0.05) is 10.9 Å². The summed E-state index contributed by atoms with van der Waals surface area (Å²) in [4.78, 5) is 1.45. The molecule has 0 spiro atoms. The van der Waals surface area contributed by atoms with Crippen molar-refractivity contribution in [3.63, 3.8) is 0 Å². The van der Waals surface area contributed by atoms with Gasteiger partial charge in [-0.2, -0.15) is 0 Å². The van der Waals surface area contributed by atoms with Crippen molar-refractivity contribution in [3.8, 4) is 0 Å². The second-order valence-corrected chi connectivity index (χ2v) is 7.98. The fraction of sp³-hybridized carbons (Fsp3) is 0.714. The SMILES string of the molecule is CNC(c1cc(Br)sc1C)C1CCC(C)CC1. The molecule has 1 N–H and O–H groups in total. The average Bonchev–Trinajstić information content (AvgIpc) is 2.62. The van der Waals surface area contributed by atoms with E-state index in [-0.39, 0.29) is 0 Å². The molecule has 2 rings (SSSR count). The highest BCUT2D eigenvalue weighted by Crippen LogP contribution is 2.40. The van der Waals surface area contributed by atoms with Gasteiger partial charge in [0.25, 0.3) is 0 Å². The Bertz CT molecular complexity index is 366. The molecule has 1 fully saturated rings. The van der Waals surface area contributed by atoms with E-state index in [9.17, 15) is 0 Å². The maximum atomic E-state index is 3.60. The summed E-state index contributed by atoms with van der Waals surface area (Å²) in [6, 6.07) is 2.85. The first kappa shape index (κ1) is 13.6. The van der Waals surface area contributed by atoms with E-state index in [0.29, 0.717) is 6.04 Å². The molecule has 1 atom stereocenters. The largest absolute Gasteiger partial charge is 0.313 e. The Morgan fingerprint density at radius 2 is 2.00 bits per heavy atom. The van der Waals surface area contributed by atoms with Gasteiger partial charge in [0.15, 0.2) is 0 Å². The highest BCUT2D eigenvalue weighted by atomic mass is 79.9. The Kier molecular flexibility index (Phi) is 4.67. The number of rotatable bonds is 3. The molecule has 17 heavy (non-hydrogen) atoms. The van der Waals surface area contributed by atoms with Crippen LogP contribution in [0.5, 0.6) is 0 Å². The summed E-state index contributed by atoms with van der Waals surface area (Å²) in [7, 11) is 2.10. The first-order chi connectivity index (χ1) is 8.11. The predicted molar refractivity (Wildman–Crippen MR) is 79.7 cm³/mol. The lowest BCUT2D eigenvalue weighted by Crippen LogP contribution is -2.28. The van der Waals surface area contributed by atoms with E-state index in [4.69, 9.17) is 0 Å². The summed E-state index contributed by atoms with van der Waals surface area (Å²) in [6.45, 7) is 4.62. The van der Waals surface area contributed by atoms with Gasteiger partial charge in [-0.1, -0.05) is 19.8 Å². The monoisotopic (exact) mass is 315 g/mol. The summed E-state index contributed by atoms with van der Waals surface area (Å²) >= 11 is 5.46. The van der Waals surface area contributed by atoms with Gasteiger partial charge in [0.05, 0.1) is 3.79 Å². The smallest absolute Gasteiger partial charge is 0.0704 e. The molecule has 0 aliphatic heterocycles. The molecule has 1 unspecified atom stereocenters. The molecular formula is C14H22BrNS. The van der Waals surface area contributed by atoms with Crippen LogP contribution in [0.2, 0.25) is 0 Å². The normalized spacial score (nSPS) is 27.1. The van der Waals surface area contributed by atoms with Crippen LogP contribution in [-0.2, 0) is 0 Å². The summed E-state index contributed by atoms with van der Waals surface area (Å²) in [5.41, 5.74) is 1.50. The first-order valence-corrected chi connectivity index (χ1v) is 8.16. The van der Waals surface area contributed by atoms with Gasteiger partial charge in [-0.25, -0.2) is 0 Å². The number of hydrogen-bond donors (Lipinski definition) is 1. The third-order valence-corrected chi connectivity index (χ3v) is 5.67. The van der Waals surface area contributed by atoms with Gasteiger partial charge in [-0.3, -0.25) is 0 Å². The molecule has 1 aromatic rings. The maximum absolute atomic E-state index is 3.60. The summed E-state index contributed by atoms with van der Waals surface area (Å²) in [5.74, 6) is 1.75. The molecule has 0 aromatic carbocycles. The lowest BCUT2D eigenvalue weighted by atomic mass is 9.77. The van der Waals surface area contributed by atoms with Gasteiger partial charge >= 0.3 is 0 Å². The lowest BCUT2D eigenvalue weighted by molar-refractivity contribution is 0.238. The van der Waals surface area contributed by atoms with Crippen LogP contribution in [0.15, 0.2) is 9.85 Å². The maximum Gasteiger partial charge on any atom is 0.0704 e. The standard InChI is InChI=1S/C14H22BrNS/c1-9-4-6-11(7-5-9)14(16-3)12-8-13(15)17-10(12)2/h8-9,11,14,16H,4-7H2,1-3H3. The minimum Gasteiger partial charge on any atom is -0.313 e. The van der Waals surface area contributed by atoms with E-state index in [2.05, 4.69) is 48.2 Å². The topological polar surface area (TPSA) is 12.0 Å². The molecule has 1 saturated carbocycles. The third kappa shape index (κ3) is 3.12. The molecule has 3 heteroatoms. The quantitative estimate of drug-likeness (QED) is 0.836. The van der Waals surface area contributed by atoms with Crippen molar-refractivity contribution >= 4 is 27.3 Å². The van der Waals surface area contributed by atoms with E-state index in [1.54, 1.807) is 0 Å². The summed E-state index contributed by atoms with van der Waals surface area (Å²) in [6.07, 6.45) is 5.54. The number of aryl methyl sites for hydroxylation is 1. The van der Waals surface area contributed by atoms with Gasteiger partial charge in [-0.15, -0.1) is 11.3 Å². The average molecular weight is 316 g/mol. The molecule has 1 aromatic heterocycles. The van der Waals surface area contributed by atoms with Crippen LogP contribution in [0.1, 0.15) is 49.1 Å². The van der Waals surface area contributed by atoms with Crippen molar-refractivity contribution in [2.75, 3.05) is 7.05 Å². The second kappa shape index (κ2) is 5.85. The van der Waals surface area contributed by atoms with Crippen LogP contribution >= 0.6 is 27.3 Å². The van der Waals surface area contributed by atoms with Crippen LogP contribution < -0.4 is 5.32 Å². The van der Waals surface area contributed by atoms with E-state index in [1.807, 2.05) is 11.3 Å². The fourth-order valence-electron chi connectivity index (χ4n) is 3.03. The molecular weight excluding hydrogens is 294 g/mol. The van der Waals surface area contributed by atoms with Crippen molar-refractivity contribution in [1.82, 2.24) is 5.32 Å². The van der Waals surface area contributed by atoms with Gasteiger partial charge in [-0.05, 0) is 66.2 Å². The van der Waals surface area contributed by atoms with Crippen molar-refractivity contribution < 1.29 is 0 Å². The van der Waals surface area contributed by atoms with Crippen LogP contribution in [0.25, 0.3) is 0 Å². The van der Waals surface area contributed by atoms with Crippen molar-refractivity contribution in [2.24, 2.45) is 11.8 Å². The molecule has 1 nitrogen and oxygen atoms in total. The molecule has 1 aliphatic rings. The Balaban J connectivity index is 2.13. The zero-order valence-corrected chi connectivity index (χ0v) is 13.3. The minimum absolute atomic E-state index is 0.546. The number of nitrogens with one attached hydrogen (secondary N) is 1. The van der Waals surface area contributed by atoms with Crippen molar-refractivity contribution in [2.45, 2.75) is 45.6 Å². The van der Waals surface area contributed by atoms with E-state index in [0.717, 1.165) is 11.8 Å². The number of thiophene rings is 1.